The van der Waals surface area contributed by atoms with E-state index in [0.717, 1.165) is 0 Å². The lowest BCUT2D eigenvalue weighted by Crippen LogP contribution is -2.03. The van der Waals surface area contributed by atoms with E-state index in [9.17, 15) is 9.59 Å². The van der Waals surface area contributed by atoms with Crippen LogP contribution in [-0.2, 0) is 9.53 Å². The topological polar surface area (TPSA) is 63.6 Å². The number of aliphatic carboxylic acids is 1. The van der Waals surface area contributed by atoms with Gasteiger partial charge in [0.2, 0.25) is 0 Å². The number of halogens is 1. The summed E-state index contributed by atoms with van der Waals surface area (Å²) in [4.78, 5) is 22.1. The molecular formula is C20H21ClO4. The molecule has 0 radical (unpaired) electrons. The second-order valence-corrected chi connectivity index (χ2v) is 5.49. The number of hydrogen-bond donors (Lipinski definition) is 1. The number of carboxylic acids is 1. The highest BCUT2D eigenvalue weighted by molar-refractivity contribution is 6.30. The Bertz CT molecular complexity index is 693. The van der Waals surface area contributed by atoms with Crippen molar-refractivity contribution in [2.75, 3.05) is 13.2 Å². The first kappa shape index (κ1) is 20.6. The molecule has 5 heteroatoms. The summed E-state index contributed by atoms with van der Waals surface area (Å²) >= 11 is 5.75. The van der Waals surface area contributed by atoms with E-state index < -0.39 is 5.97 Å². The monoisotopic (exact) mass is 360 g/mol. The van der Waals surface area contributed by atoms with E-state index >= 15 is 0 Å². The predicted molar refractivity (Wildman–Crippen MR) is 99.2 cm³/mol. The Balaban J connectivity index is 0.000000275. The maximum Gasteiger partial charge on any atom is 0.331 e. The number of rotatable bonds is 7. The Morgan fingerprint density at radius 1 is 1.04 bits per heavy atom. The maximum absolute atomic E-state index is 11.9. The van der Waals surface area contributed by atoms with Crippen LogP contribution in [0.5, 0.6) is 0 Å². The molecule has 4 nitrogen and oxygen atoms in total. The minimum absolute atomic E-state index is 0.0206. The molecule has 0 aliphatic carbocycles. The fraction of sp³-hybridized carbons (Fsp3) is 0.200. The van der Waals surface area contributed by atoms with Crippen LogP contribution in [0.1, 0.15) is 29.3 Å². The van der Waals surface area contributed by atoms with Gasteiger partial charge in [0, 0.05) is 34.8 Å². The average Bonchev–Trinajstić information content (AvgIpc) is 2.63. The van der Waals surface area contributed by atoms with Crippen LogP contribution in [0.15, 0.2) is 66.7 Å². The Morgan fingerprint density at radius 2 is 1.60 bits per heavy atom. The van der Waals surface area contributed by atoms with Gasteiger partial charge >= 0.3 is 5.97 Å². The van der Waals surface area contributed by atoms with Gasteiger partial charge < -0.3 is 9.84 Å². The van der Waals surface area contributed by atoms with Crippen molar-refractivity contribution in [3.05, 3.63) is 82.9 Å². The molecule has 0 atom stereocenters. The minimum Gasteiger partial charge on any atom is -0.478 e. The normalized spacial score (nSPS) is 9.68. The number of carboxylic acid groups (broad SMARTS) is 1. The lowest BCUT2D eigenvalue weighted by atomic mass is 10.0. The molecule has 2 rings (SSSR count). The third-order valence-corrected chi connectivity index (χ3v) is 3.45. The zero-order valence-electron chi connectivity index (χ0n) is 14.1. The summed E-state index contributed by atoms with van der Waals surface area (Å²) in [6.45, 7) is 6.28. The van der Waals surface area contributed by atoms with Gasteiger partial charge in [-0.1, -0.05) is 48.5 Å². The van der Waals surface area contributed by atoms with Gasteiger partial charge in [0.1, 0.15) is 0 Å². The third kappa shape index (κ3) is 7.79. The van der Waals surface area contributed by atoms with E-state index in [4.69, 9.17) is 21.4 Å². The smallest absolute Gasteiger partial charge is 0.331 e. The summed E-state index contributed by atoms with van der Waals surface area (Å²) in [7, 11) is 0. The number of ether oxygens (including phenoxy) is 1. The van der Waals surface area contributed by atoms with E-state index in [-0.39, 0.29) is 11.4 Å². The molecule has 1 N–H and O–H groups in total. The molecule has 0 fully saturated rings. The molecule has 25 heavy (non-hydrogen) atoms. The largest absolute Gasteiger partial charge is 0.478 e. The van der Waals surface area contributed by atoms with Crippen molar-refractivity contribution in [1.29, 1.82) is 0 Å². The van der Waals surface area contributed by atoms with Crippen LogP contribution in [-0.4, -0.2) is 30.1 Å². The summed E-state index contributed by atoms with van der Waals surface area (Å²) < 4.78 is 4.93. The molecule has 132 valence electrons. The number of hydrogen-bond acceptors (Lipinski definition) is 3. The van der Waals surface area contributed by atoms with Crippen LogP contribution in [0.25, 0.3) is 0 Å². The zero-order valence-corrected chi connectivity index (χ0v) is 14.8. The van der Waals surface area contributed by atoms with E-state index in [2.05, 4.69) is 6.58 Å². The number of carbonyl (C=O) groups excluding carboxylic acids is 1. The Kier molecular flexibility index (Phi) is 9.22. The van der Waals surface area contributed by atoms with Crippen molar-refractivity contribution in [2.24, 2.45) is 0 Å². The van der Waals surface area contributed by atoms with Crippen LogP contribution < -0.4 is 0 Å². The van der Waals surface area contributed by atoms with E-state index in [0.29, 0.717) is 35.8 Å². The van der Waals surface area contributed by atoms with Crippen molar-refractivity contribution in [2.45, 2.75) is 13.3 Å². The number of ketones is 1. The van der Waals surface area contributed by atoms with Crippen molar-refractivity contribution < 1.29 is 19.4 Å². The first-order valence-electron chi connectivity index (χ1n) is 7.79. The van der Waals surface area contributed by atoms with Crippen molar-refractivity contribution in [3.63, 3.8) is 0 Å². The summed E-state index contributed by atoms with van der Waals surface area (Å²) in [5.74, 6) is -0.924. The first-order valence-corrected chi connectivity index (χ1v) is 8.17. The fourth-order valence-corrected chi connectivity index (χ4v) is 1.93. The molecule has 0 amide bonds. The molecule has 2 aromatic carbocycles. The number of carbonyl (C=O) groups is 2. The van der Waals surface area contributed by atoms with Gasteiger partial charge in [0.15, 0.2) is 5.78 Å². The molecule has 0 saturated carbocycles. The fourth-order valence-electron chi connectivity index (χ4n) is 1.80. The predicted octanol–water partition coefficient (Wildman–Crippen LogP) is 4.62. The highest BCUT2D eigenvalue weighted by Crippen LogP contribution is 2.13. The summed E-state index contributed by atoms with van der Waals surface area (Å²) in [5.41, 5.74) is 1.55. The summed E-state index contributed by atoms with van der Waals surface area (Å²) in [6.07, 6.45) is 0.406. The molecule has 0 bridgehead atoms. The second-order valence-electron chi connectivity index (χ2n) is 5.06. The van der Waals surface area contributed by atoms with Gasteiger partial charge in [0.25, 0.3) is 0 Å². The van der Waals surface area contributed by atoms with Crippen LogP contribution in [0.3, 0.4) is 0 Å². The van der Waals surface area contributed by atoms with E-state index in [1.54, 1.807) is 36.4 Å². The van der Waals surface area contributed by atoms with Crippen LogP contribution >= 0.6 is 11.6 Å². The molecule has 0 unspecified atom stereocenters. The van der Waals surface area contributed by atoms with Gasteiger partial charge in [-0.3, -0.25) is 4.79 Å². The van der Waals surface area contributed by atoms with Crippen LogP contribution in [0.4, 0.5) is 0 Å². The summed E-state index contributed by atoms with van der Waals surface area (Å²) in [5, 5.41) is 8.96. The SMILES string of the molecule is C=C(CCOCC)C(=O)O.O=C(c1ccccc1)c1ccc(Cl)cc1. The zero-order chi connectivity index (χ0) is 18.7. The van der Waals surface area contributed by atoms with Gasteiger partial charge in [-0.2, -0.15) is 0 Å². The molecule has 0 saturated heterocycles. The highest BCUT2D eigenvalue weighted by Gasteiger charge is 2.07. The molecule has 0 spiro atoms. The highest BCUT2D eigenvalue weighted by atomic mass is 35.5. The molecule has 2 aromatic rings. The second kappa shape index (κ2) is 11.2. The third-order valence-electron chi connectivity index (χ3n) is 3.20. The lowest BCUT2D eigenvalue weighted by molar-refractivity contribution is -0.132. The minimum atomic E-state index is -0.945. The van der Waals surface area contributed by atoms with Crippen molar-refractivity contribution >= 4 is 23.4 Å². The molecule has 0 heterocycles. The molecule has 0 aliphatic rings. The molecule has 0 aliphatic heterocycles. The van der Waals surface area contributed by atoms with Gasteiger partial charge in [-0.05, 0) is 31.2 Å². The van der Waals surface area contributed by atoms with E-state index in [1.807, 2.05) is 25.1 Å². The van der Waals surface area contributed by atoms with Gasteiger partial charge in [0.05, 0.1) is 6.61 Å². The molecule has 0 aromatic heterocycles. The quantitative estimate of drug-likeness (QED) is 0.444. The van der Waals surface area contributed by atoms with Crippen molar-refractivity contribution in [1.82, 2.24) is 0 Å². The van der Waals surface area contributed by atoms with Crippen molar-refractivity contribution in [3.8, 4) is 0 Å². The Morgan fingerprint density at radius 3 is 2.12 bits per heavy atom. The van der Waals surface area contributed by atoms with Gasteiger partial charge in [-0.15, -0.1) is 0 Å². The molecular weight excluding hydrogens is 340 g/mol. The van der Waals surface area contributed by atoms with Gasteiger partial charge in [-0.25, -0.2) is 4.79 Å². The summed E-state index contributed by atoms with van der Waals surface area (Å²) in [6, 6.07) is 16.1. The number of benzene rings is 2. The Hall–Kier alpha value is -2.43. The Labute approximate surface area is 152 Å². The van der Waals surface area contributed by atoms with E-state index in [1.165, 1.54) is 0 Å². The van der Waals surface area contributed by atoms with Crippen LogP contribution in [0.2, 0.25) is 5.02 Å². The first-order chi connectivity index (χ1) is 12.0. The standard InChI is InChI=1S/C13H9ClO.C7H12O3/c14-12-8-6-11(7-9-12)13(15)10-4-2-1-3-5-10;1-3-10-5-4-6(2)7(8)9/h1-9H;2-5H2,1H3,(H,8,9). The average molecular weight is 361 g/mol. The van der Waals surface area contributed by atoms with Crippen LogP contribution in [0, 0.1) is 0 Å². The maximum atomic E-state index is 11.9. The lowest BCUT2D eigenvalue weighted by Gasteiger charge is -2.00.